The van der Waals surface area contributed by atoms with Gasteiger partial charge in [-0.15, -0.1) is 5.10 Å². The number of aromatic nitrogens is 4. The smallest absolute Gasteiger partial charge is 0.328 e. The molecule has 22 heavy (non-hydrogen) atoms. The van der Waals surface area contributed by atoms with Crippen LogP contribution in [0.1, 0.15) is 18.5 Å². The molecule has 0 spiro atoms. The molecule has 114 valence electrons. The number of hydrogen-bond acceptors (Lipinski definition) is 6. The molecule has 1 aromatic carbocycles. The summed E-state index contributed by atoms with van der Waals surface area (Å²) >= 11 is 0. The molecule has 3 rings (SSSR count). The lowest BCUT2D eigenvalue weighted by atomic mass is 10.1. The van der Waals surface area contributed by atoms with E-state index in [4.69, 9.17) is 14.3 Å². The van der Waals surface area contributed by atoms with Gasteiger partial charge in [-0.05, 0) is 36.4 Å². The summed E-state index contributed by atoms with van der Waals surface area (Å²) in [6.45, 7) is 3.38. The van der Waals surface area contributed by atoms with Gasteiger partial charge in [0.1, 0.15) is 11.3 Å². The minimum absolute atomic E-state index is 0.280. The fourth-order valence-electron chi connectivity index (χ4n) is 2.25. The average Bonchev–Trinajstić information content (AvgIpc) is 3.10. The minimum Gasteiger partial charge on any atom is -0.497 e. The third-order valence-electron chi connectivity index (χ3n) is 3.57. The second-order valence-electron chi connectivity index (χ2n) is 4.88. The molecule has 0 bridgehead atoms. The number of carbonyl (C=O) groups is 1. The molecule has 0 saturated carbocycles. The monoisotopic (exact) mass is 302 g/mol. The van der Waals surface area contributed by atoms with Crippen molar-refractivity contribution in [1.82, 2.24) is 20.2 Å². The summed E-state index contributed by atoms with van der Waals surface area (Å²) < 4.78 is 12.2. The van der Waals surface area contributed by atoms with Gasteiger partial charge in [0.25, 0.3) is 0 Å². The lowest BCUT2D eigenvalue weighted by Gasteiger charge is -2.07. The Hall–Kier alpha value is -2.90. The Balaban J connectivity index is 2.17. The highest BCUT2D eigenvalue weighted by Crippen LogP contribution is 2.34. The first-order valence-electron chi connectivity index (χ1n) is 6.61. The highest BCUT2D eigenvalue weighted by Gasteiger charge is 2.24. The van der Waals surface area contributed by atoms with E-state index in [1.807, 2.05) is 19.1 Å². The van der Waals surface area contributed by atoms with Crippen molar-refractivity contribution in [3.05, 3.63) is 23.8 Å². The molecule has 0 aliphatic carbocycles. The number of hydrogen-bond donors (Lipinski definition) is 1. The van der Waals surface area contributed by atoms with Gasteiger partial charge in [-0.3, -0.25) is 0 Å². The highest BCUT2D eigenvalue weighted by atomic mass is 16.5. The maximum absolute atomic E-state index is 11.2. The van der Waals surface area contributed by atoms with Crippen molar-refractivity contribution in [2.24, 2.45) is 0 Å². The van der Waals surface area contributed by atoms with E-state index < -0.39 is 12.0 Å². The second-order valence-corrected chi connectivity index (χ2v) is 4.88. The molecule has 2 aromatic heterocycles. The van der Waals surface area contributed by atoms with E-state index >= 15 is 0 Å². The first-order valence-corrected chi connectivity index (χ1v) is 6.61. The van der Waals surface area contributed by atoms with Crippen LogP contribution in [0.2, 0.25) is 0 Å². The average molecular weight is 302 g/mol. The summed E-state index contributed by atoms with van der Waals surface area (Å²) in [6.07, 6.45) is 0. The molecular weight excluding hydrogens is 288 g/mol. The van der Waals surface area contributed by atoms with E-state index in [9.17, 15) is 4.79 Å². The van der Waals surface area contributed by atoms with Gasteiger partial charge in [-0.25, -0.2) is 9.48 Å². The topological polar surface area (TPSA) is 103 Å². The standard InChI is InChI=1S/C14H14N4O4/c1-7-10-5-4-9(21-3)6-11(10)22-12(7)13-15-16-17-18(13)8(2)14(19)20/h4-6,8H,1-3H3,(H,19,20). The number of carboxylic acids is 1. The number of ether oxygens (including phenoxy) is 1. The quantitative estimate of drug-likeness (QED) is 0.786. The van der Waals surface area contributed by atoms with Crippen molar-refractivity contribution in [1.29, 1.82) is 0 Å². The van der Waals surface area contributed by atoms with E-state index in [-0.39, 0.29) is 5.82 Å². The summed E-state index contributed by atoms with van der Waals surface area (Å²) in [6, 6.07) is 4.58. The van der Waals surface area contributed by atoms with Crippen LogP contribution in [0, 0.1) is 6.92 Å². The summed E-state index contributed by atoms with van der Waals surface area (Å²) in [5, 5.41) is 21.2. The van der Waals surface area contributed by atoms with Crippen molar-refractivity contribution >= 4 is 16.9 Å². The van der Waals surface area contributed by atoms with Crippen molar-refractivity contribution in [2.45, 2.75) is 19.9 Å². The van der Waals surface area contributed by atoms with Crippen LogP contribution in [-0.2, 0) is 4.79 Å². The maximum Gasteiger partial charge on any atom is 0.328 e. The van der Waals surface area contributed by atoms with Gasteiger partial charge in [0.15, 0.2) is 11.8 Å². The number of benzene rings is 1. The first kappa shape index (κ1) is 14.1. The van der Waals surface area contributed by atoms with Crippen LogP contribution in [0.25, 0.3) is 22.6 Å². The number of carboxylic acid groups (broad SMARTS) is 1. The van der Waals surface area contributed by atoms with Gasteiger partial charge in [-0.2, -0.15) is 0 Å². The van der Waals surface area contributed by atoms with Crippen LogP contribution in [-0.4, -0.2) is 38.4 Å². The van der Waals surface area contributed by atoms with Crippen molar-refractivity contribution in [3.63, 3.8) is 0 Å². The van der Waals surface area contributed by atoms with Crippen LogP contribution in [0.5, 0.6) is 5.75 Å². The number of fused-ring (bicyclic) bond motifs is 1. The Labute approximate surface area is 125 Å². The maximum atomic E-state index is 11.2. The molecule has 0 saturated heterocycles. The highest BCUT2D eigenvalue weighted by molar-refractivity contribution is 5.87. The molecular formula is C14H14N4O4. The van der Waals surface area contributed by atoms with Gasteiger partial charge in [0, 0.05) is 17.0 Å². The number of furan rings is 1. The predicted octanol–water partition coefficient (Wildman–Crippen LogP) is 2.05. The largest absolute Gasteiger partial charge is 0.497 e. The molecule has 3 aromatic rings. The zero-order chi connectivity index (χ0) is 15.9. The molecule has 0 fully saturated rings. The van der Waals surface area contributed by atoms with E-state index in [0.29, 0.717) is 17.1 Å². The Morgan fingerprint density at radius 2 is 2.23 bits per heavy atom. The molecule has 8 heteroatoms. The van der Waals surface area contributed by atoms with E-state index in [0.717, 1.165) is 10.9 Å². The molecule has 0 aliphatic heterocycles. The van der Waals surface area contributed by atoms with Crippen LogP contribution in [0.4, 0.5) is 0 Å². The molecule has 1 unspecified atom stereocenters. The third-order valence-corrected chi connectivity index (χ3v) is 3.57. The van der Waals surface area contributed by atoms with E-state index in [2.05, 4.69) is 15.5 Å². The van der Waals surface area contributed by atoms with Crippen LogP contribution >= 0.6 is 0 Å². The second kappa shape index (κ2) is 5.14. The van der Waals surface area contributed by atoms with Gasteiger partial charge in [0.05, 0.1) is 7.11 Å². The molecule has 0 amide bonds. The van der Waals surface area contributed by atoms with Gasteiger partial charge in [0.2, 0.25) is 5.82 Å². The Morgan fingerprint density at radius 1 is 1.45 bits per heavy atom. The summed E-state index contributed by atoms with van der Waals surface area (Å²) in [5.74, 6) is 0.374. The number of tetrazole rings is 1. The van der Waals surface area contributed by atoms with Crippen LogP contribution in [0.15, 0.2) is 22.6 Å². The van der Waals surface area contributed by atoms with Crippen molar-refractivity contribution in [3.8, 4) is 17.3 Å². The Morgan fingerprint density at radius 3 is 2.91 bits per heavy atom. The molecule has 0 radical (unpaired) electrons. The number of aryl methyl sites for hydroxylation is 1. The first-order chi connectivity index (χ1) is 10.5. The summed E-state index contributed by atoms with van der Waals surface area (Å²) in [4.78, 5) is 11.2. The molecule has 1 atom stereocenters. The van der Waals surface area contributed by atoms with Gasteiger partial charge in [-0.1, -0.05) is 0 Å². The van der Waals surface area contributed by atoms with Crippen LogP contribution < -0.4 is 4.74 Å². The minimum atomic E-state index is -1.02. The van der Waals surface area contributed by atoms with Crippen LogP contribution in [0.3, 0.4) is 0 Å². The number of rotatable bonds is 4. The molecule has 1 N–H and O–H groups in total. The van der Waals surface area contributed by atoms with Gasteiger partial charge >= 0.3 is 5.97 Å². The van der Waals surface area contributed by atoms with Crippen molar-refractivity contribution < 1.29 is 19.1 Å². The Kier molecular flexibility index (Phi) is 3.28. The lowest BCUT2D eigenvalue weighted by molar-refractivity contribution is -0.140. The normalized spacial score (nSPS) is 12.5. The number of nitrogens with zero attached hydrogens (tertiary/aromatic N) is 4. The molecule has 2 heterocycles. The third kappa shape index (κ3) is 2.09. The molecule has 0 aliphatic rings. The SMILES string of the molecule is COc1ccc2c(C)c(-c3nnnn3C(C)C(=O)O)oc2c1. The fourth-order valence-corrected chi connectivity index (χ4v) is 2.25. The lowest BCUT2D eigenvalue weighted by Crippen LogP contribution is -2.18. The Bertz CT molecular complexity index is 852. The number of methoxy groups -OCH3 is 1. The van der Waals surface area contributed by atoms with Crippen molar-refractivity contribution in [2.75, 3.05) is 7.11 Å². The fraction of sp³-hybridized carbons (Fsp3) is 0.286. The summed E-state index contributed by atoms with van der Waals surface area (Å²) in [5.41, 5.74) is 1.47. The zero-order valence-electron chi connectivity index (χ0n) is 12.3. The van der Waals surface area contributed by atoms with Gasteiger partial charge < -0.3 is 14.3 Å². The molecule has 8 nitrogen and oxygen atoms in total. The van der Waals surface area contributed by atoms with E-state index in [1.165, 1.54) is 11.6 Å². The number of aliphatic carboxylic acids is 1. The predicted molar refractivity (Wildman–Crippen MR) is 76.7 cm³/mol. The summed E-state index contributed by atoms with van der Waals surface area (Å²) in [7, 11) is 1.58. The van der Waals surface area contributed by atoms with E-state index in [1.54, 1.807) is 13.2 Å². The zero-order valence-corrected chi connectivity index (χ0v) is 12.3.